The Bertz CT molecular complexity index is 508. The number of benzene rings is 1. The number of amides is 1. The summed E-state index contributed by atoms with van der Waals surface area (Å²) in [6.07, 6.45) is 16.1. The molecule has 0 heterocycles. The van der Waals surface area contributed by atoms with Crippen LogP contribution in [0.4, 0.5) is 0 Å². The van der Waals surface area contributed by atoms with E-state index in [-0.39, 0.29) is 5.91 Å². The maximum Gasteiger partial charge on any atom is 0.244 e. The Morgan fingerprint density at radius 2 is 1.44 bits per heavy atom. The van der Waals surface area contributed by atoms with Crippen molar-refractivity contribution in [3.8, 4) is 0 Å². The van der Waals surface area contributed by atoms with Crippen LogP contribution in [-0.4, -0.2) is 12.5 Å². The van der Waals surface area contributed by atoms with E-state index in [0.29, 0.717) is 15.6 Å². The van der Waals surface area contributed by atoms with Crippen molar-refractivity contribution in [3.05, 3.63) is 39.9 Å². The summed E-state index contributed by atoms with van der Waals surface area (Å²) < 4.78 is 0. The SMILES string of the molecule is CCCCCCCCCCCCNC(=O)C=Cc1c(Cl)cccc1Cl. The molecule has 1 N–H and O–H groups in total. The average Bonchev–Trinajstić information content (AvgIpc) is 2.59. The normalized spacial score (nSPS) is 11.2. The van der Waals surface area contributed by atoms with E-state index in [1.807, 2.05) is 0 Å². The molecule has 0 unspecified atom stereocenters. The Kier molecular flexibility index (Phi) is 12.5. The van der Waals surface area contributed by atoms with Gasteiger partial charge in [0.25, 0.3) is 0 Å². The van der Waals surface area contributed by atoms with Crippen molar-refractivity contribution >= 4 is 35.2 Å². The zero-order valence-corrected chi connectivity index (χ0v) is 16.8. The lowest BCUT2D eigenvalue weighted by Gasteiger charge is -2.04. The van der Waals surface area contributed by atoms with E-state index >= 15 is 0 Å². The predicted molar refractivity (Wildman–Crippen MR) is 110 cm³/mol. The second-order valence-electron chi connectivity index (χ2n) is 6.44. The third-order valence-electron chi connectivity index (χ3n) is 4.23. The molecule has 0 radical (unpaired) electrons. The molecule has 140 valence electrons. The molecule has 0 aliphatic carbocycles. The molecule has 0 bridgehead atoms. The fourth-order valence-electron chi connectivity index (χ4n) is 2.71. The Balaban J connectivity index is 2.05. The number of carbonyl (C=O) groups is 1. The number of unbranched alkanes of at least 4 members (excludes halogenated alkanes) is 9. The summed E-state index contributed by atoms with van der Waals surface area (Å²) in [6, 6.07) is 5.30. The van der Waals surface area contributed by atoms with Crippen LogP contribution in [0.3, 0.4) is 0 Å². The first-order valence-corrected chi connectivity index (χ1v) is 10.3. The predicted octanol–water partition coefficient (Wildman–Crippen LogP) is 7.04. The van der Waals surface area contributed by atoms with Gasteiger partial charge in [-0.25, -0.2) is 0 Å². The second-order valence-corrected chi connectivity index (χ2v) is 7.26. The van der Waals surface area contributed by atoms with Gasteiger partial charge in [-0.2, -0.15) is 0 Å². The van der Waals surface area contributed by atoms with Crippen LogP contribution < -0.4 is 5.32 Å². The van der Waals surface area contributed by atoms with Crippen LogP contribution in [0.2, 0.25) is 10.0 Å². The molecule has 0 atom stereocenters. The highest BCUT2D eigenvalue weighted by atomic mass is 35.5. The first-order chi connectivity index (χ1) is 12.1. The summed E-state index contributed by atoms with van der Waals surface area (Å²) in [6.45, 7) is 2.97. The minimum absolute atomic E-state index is 0.105. The zero-order valence-electron chi connectivity index (χ0n) is 15.3. The van der Waals surface area contributed by atoms with Gasteiger partial charge in [-0.05, 0) is 24.6 Å². The van der Waals surface area contributed by atoms with Gasteiger partial charge in [0.05, 0.1) is 0 Å². The summed E-state index contributed by atoms with van der Waals surface area (Å²) >= 11 is 12.1. The smallest absolute Gasteiger partial charge is 0.244 e. The van der Waals surface area contributed by atoms with Gasteiger partial charge in [0.2, 0.25) is 5.91 Å². The Labute approximate surface area is 163 Å². The molecule has 0 fully saturated rings. The molecule has 1 aromatic rings. The lowest BCUT2D eigenvalue weighted by Crippen LogP contribution is -2.21. The van der Waals surface area contributed by atoms with Crippen molar-refractivity contribution in [2.24, 2.45) is 0 Å². The van der Waals surface area contributed by atoms with Gasteiger partial charge in [-0.1, -0.05) is 94.0 Å². The highest BCUT2D eigenvalue weighted by molar-refractivity contribution is 6.37. The first kappa shape index (κ1) is 22.1. The molecule has 0 saturated heterocycles. The summed E-state index contributed by atoms with van der Waals surface area (Å²) in [7, 11) is 0. The van der Waals surface area contributed by atoms with E-state index in [9.17, 15) is 4.79 Å². The molecule has 0 aromatic heterocycles. The van der Waals surface area contributed by atoms with Crippen LogP contribution in [0.5, 0.6) is 0 Å². The van der Waals surface area contributed by atoms with E-state index in [2.05, 4.69) is 12.2 Å². The maximum atomic E-state index is 11.8. The number of rotatable bonds is 13. The Morgan fingerprint density at radius 1 is 0.920 bits per heavy atom. The Morgan fingerprint density at radius 3 is 2.00 bits per heavy atom. The molecule has 1 amide bonds. The monoisotopic (exact) mass is 383 g/mol. The highest BCUT2D eigenvalue weighted by Gasteiger charge is 2.02. The summed E-state index contributed by atoms with van der Waals surface area (Å²) in [4.78, 5) is 11.8. The number of halogens is 2. The largest absolute Gasteiger partial charge is 0.353 e. The van der Waals surface area contributed by atoms with Gasteiger partial charge in [0, 0.05) is 28.2 Å². The van der Waals surface area contributed by atoms with Crippen LogP contribution in [0.15, 0.2) is 24.3 Å². The van der Waals surface area contributed by atoms with E-state index in [1.54, 1.807) is 24.3 Å². The van der Waals surface area contributed by atoms with Crippen molar-refractivity contribution in [2.75, 3.05) is 6.54 Å². The second kappa shape index (κ2) is 14.2. The minimum Gasteiger partial charge on any atom is -0.353 e. The molecule has 2 nitrogen and oxygen atoms in total. The summed E-state index contributed by atoms with van der Waals surface area (Å²) in [5.41, 5.74) is 0.680. The quantitative estimate of drug-likeness (QED) is 0.287. The third-order valence-corrected chi connectivity index (χ3v) is 4.89. The lowest BCUT2D eigenvalue weighted by atomic mass is 10.1. The van der Waals surface area contributed by atoms with Gasteiger partial charge in [0.15, 0.2) is 0 Å². The fourth-order valence-corrected chi connectivity index (χ4v) is 3.24. The molecule has 0 aliphatic rings. The van der Waals surface area contributed by atoms with E-state index < -0.39 is 0 Å². The molecule has 0 saturated carbocycles. The maximum absolute atomic E-state index is 11.8. The van der Waals surface area contributed by atoms with Crippen LogP contribution in [0.1, 0.15) is 76.7 Å². The lowest BCUT2D eigenvalue weighted by molar-refractivity contribution is -0.116. The van der Waals surface area contributed by atoms with Gasteiger partial charge in [0.1, 0.15) is 0 Å². The van der Waals surface area contributed by atoms with Crippen LogP contribution in [0.25, 0.3) is 6.08 Å². The molecule has 0 spiro atoms. The average molecular weight is 384 g/mol. The number of nitrogens with one attached hydrogen (secondary N) is 1. The molecular formula is C21H31Cl2NO. The van der Waals surface area contributed by atoms with Gasteiger partial charge in [-0.3, -0.25) is 4.79 Å². The molecular weight excluding hydrogens is 353 g/mol. The summed E-state index contributed by atoms with van der Waals surface area (Å²) in [5.74, 6) is -0.105. The van der Waals surface area contributed by atoms with Crippen molar-refractivity contribution in [2.45, 2.75) is 71.1 Å². The Hall–Kier alpha value is -0.990. The number of carbonyl (C=O) groups excluding carboxylic acids is 1. The standard InChI is InChI=1S/C21H31Cl2NO/c1-2-3-4-5-6-7-8-9-10-11-17-24-21(25)16-15-18-19(22)13-12-14-20(18)23/h12-16H,2-11,17H2,1H3,(H,24,25). The number of hydrogen-bond acceptors (Lipinski definition) is 1. The molecule has 25 heavy (non-hydrogen) atoms. The van der Waals surface area contributed by atoms with Crippen molar-refractivity contribution < 1.29 is 4.79 Å². The van der Waals surface area contributed by atoms with E-state index in [1.165, 1.54) is 63.9 Å². The zero-order chi connectivity index (χ0) is 18.3. The number of hydrogen-bond donors (Lipinski definition) is 1. The van der Waals surface area contributed by atoms with Gasteiger partial charge < -0.3 is 5.32 Å². The molecule has 4 heteroatoms. The third kappa shape index (κ3) is 10.6. The van der Waals surface area contributed by atoms with Crippen molar-refractivity contribution in [3.63, 3.8) is 0 Å². The van der Waals surface area contributed by atoms with Crippen LogP contribution in [-0.2, 0) is 4.79 Å². The minimum atomic E-state index is -0.105. The molecule has 0 aliphatic heterocycles. The topological polar surface area (TPSA) is 29.1 Å². The van der Waals surface area contributed by atoms with Crippen molar-refractivity contribution in [1.29, 1.82) is 0 Å². The summed E-state index contributed by atoms with van der Waals surface area (Å²) in [5, 5.41) is 4.00. The fraction of sp³-hybridized carbons (Fsp3) is 0.571. The van der Waals surface area contributed by atoms with Crippen molar-refractivity contribution in [1.82, 2.24) is 5.32 Å². The van der Waals surface area contributed by atoms with E-state index in [0.717, 1.165) is 13.0 Å². The van der Waals surface area contributed by atoms with Crippen LogP contribution in [0, 0.1) is 0 Å². The highest BCUT2D eigenvalue weighted by Crippen LogP contribution is 2.25. The first-order valence-electron chi connectivity index (χ1n) is 9.55. The van der Waals surface area contributed by atoms with Crippen LogP contribution >= 0.6 is 23.2 Å². The van der Waals surface area contributed by atoms with E-state index in [4.69, 9.17) is 23.2 Å². The molecule has 1 aromatic carbocycles. The molecule has 1 rings (SSSR count). The van der Waals surface area contributed by atoms with Gasteiger partial charge >= 0.3 is 0 Å². The van der Waals surface area contributed by atoms with Gasteiger partial charge in [-0.15, -0.1) is 0 Å².